The molecular weight excluding hydrogens is 259 g/mol. The van der Waals surface area contributed by atoms with Crippen molar-refractivity contribution in [1.82, 2.24) is 25.2 Å². The number of nitrogens with one attached hydrogen (secondary N) is 1. The molecule has 6 nitrogen and oxygen atoms in total. The highest BCUT2D eigenvalue weighted by molar-refractivity contribution is 5.16. The summed E-state index contributed by atoms with van der Waals surface area (Å²) in [4.78, 5) is 8.09. The summed E-state index contributed by atoms with van der Waals surface area (Å²) in [7, 11) is 0. The predicted molar refractivity (Wildman–Crippen MR) is 72.8 cm³/mol. The van der Waals surface area contributed by atoms with Crippen molar-refractivity contribution in [2.24, 2.45) is 11.8 Å². The van der Waals surface area contributed by atoms with Crippen LogP contribution in [0.1, 0.15) is 31.3 Å². The molecule has 0 radical (unpaired) electrons. The zero-order valence-electron chi connectivity index (χ0n) is 11.6. The van der Waals surface area contributed by atoms with Crippen LogP contribution in [0.25, 0.3) is 0 Å². The molecule has 7 heteroatoms. The quantitative estimate of drug-likeness (QED) is 0.613. The topological polar surface area (TPSA) is 81.7 Å². The van der Waals surface area contributed by atoms with Crippen molar-refractivity contribution in [3.63, 3.8) is 0 Å². The molecule has 20 heavy (non-hydrogen) atoms. The van der Waals surface area contributed by atoms with Crippen LogP contribution in [0.15, 0.2) is 24.8 Å². The van der Waals surface area contributed by atoms with Crippen LogP contribution < -0.4 is 11.3 Å². The number of halogens is 1. The molecular formula is C13H19FN6. The Kier molecular flexibility index (Phi) is 4.75. The van der Waals surface area contributed by atoms with Crippen molar-refractivity contribution >= 4 is 0 Å². The average Bonchev–Trinajstić information content (AvgIpc) is 2.82. The van der Waals surface area contributed by atoms with E-state index in [1.54, 1.807) is 6.20 Å². The molecule has 0 spiro atoms. The van der Waals surface area contributed by atoms with Gasteiger partial charge in [0.25, 0.3) is 0 Å². The summed E-state index contributed by atoms with van der Waals surface area (Å²) < 4.78 is 15.1. The molecule has 0 aliphatic heterocycles. The standard InChI is InChI=1S/C13H19FN6/c1-9(2)7-20-13(17-8-18-20)4-12(19-15)10-3-11(14)6-16-5-10/h3,5-6,8-9,12,19H,4,7,15H2,1-2H3. The molecule has 0 amide bonds. The van der Waals surface area contributed by atoms with E-state index in [2.05, 4.69) is 34.3 Å². The zero-order chi connectivity index (χ0) is 14.5. The Bertz CT molecular complexity index is 553. The molecule has 0 bridgehead atoms. The van der Waals surface area contributed by atoms with E-state index in [9.17, 15) is 4.39 Å². The Morgan fingerprint density at radius 2 is 2.20 bits per heavy atom. The molecule has 3 N–H and O–H groups in total. The summed E-state index contributed by atoms with van der Waals surface area (Å²) >= 11 is 0. The number of hydrazine groups is 1. The van der Waals surface area contributed by atoms with Crippen LogP contribution in [-0.2, 0) is 13.0 Å². The van der Waals surface area contributed by atoms with Gasteiger partial charge < -0.3 is 0 Å². The van der Waals surface area contributed by atoms with Crippen LogP contribution in [0.2, 0.25) is 0 Å². The van der Waals surface area contributed by atoms with Crippen LogP contribution in [-0.4, -0.2) is 19.7 Å². The molecule has 2 aromatic heterocycles. The van der Waals surface area contributed by atoms with Gasteiger partial charge in [-0.1, -0.05) is 13.8 Å². The molecule has 1 atom stereocenters. The Morgan fingerprint density at radius 1 is 1.40 bits per heavy atom. The second kappa shape index (κ2) is 6.53. The second-order valence-corrected chi connectivity index (χ2v) is 5.11. The van der Waals surface area contributed by atoms with Gasteiger partial charge in [0.05, 0.1) is 12.2 Å². The van der Waals surface area contributed by atoms with Crippen LogP contribution in [0.4, 0.5) is 4.39 Å². The Labute approximate surface area is 117 Å². The number of aromatic nitrogens is 4. The average molecular weight is 278 g/mol. The van der Waals surface area contributed by atoms with Crippen molar-refractivity contribution in [3.8, 4) is 0 Å². The van der Waals surface area contributed by atoms with Gasteiger partial charge in [-0.15, -0.1) is 0 Å². The second-order valence-electron chi connectivity index (χ2n) is 5.11. The number of pyridine rings is 1. The highest BCUT2D eigenvalue weighted by Crippen LogP contribution is 2.17. The number of rotatable bonds is 6. The Hall–Kier alpha value is -1.86. The highest BCUT2D eigenvalue weighted by atomic mass is 19.1. The van der Waals surface area contributed by atoms with E-state index in [-0.39, 0.29) is 11.9 Å². The van der Waals surface area contributed by atoms with Crippen LogP contribution >= 0.6 is 0 Å². The van der Waals surface area contributed by atoms with Gasteiger partial charge in [-0.25, -0.2) is 14.1 Å². The Morgan fingerprint density at radius 3 is 2.85 bits per heavy atom. The van der Waals surface area contributed by atoms with Gasteiger partial charge in [-0.2, -0.15) is 5.10 Å². The molecule has 0 aliphatic rings. The number of nitrogens with zero attached hydrogens (tertiary/aromatic N) is 4. The molecule has 0 saturated heterocycles. The first kappa shape index (κ1) is 14.5. The Balaban J connectivity index is 2.16. The van der Waals surface area contributed by atoms with Gasteiger partial charge in [-0.3, -0.25) is 16.3 Å². The first-order valence-electron chi connectivity index (χ1n) is 6.53. The number of hydrogen-bond acceptors (Lipinski definition) is 5. The van der Waals surface area contributed by atoms with Crippen molar-refractivity contribution in [2.45, 2.75) is 32.9 Å². The summed E-state index contributed by atoms with van der Waals surface area (Å²) in [5.41, 5.74) is 3.36. The van der Waals surface area contributed by atoms with E-state index in [0.29, 0.717) is 17.9 Å². The first-order chi connectivity index (χ1) is 9.60. The molecule has 0 aromatic carbocycles. The molecule has 108 valence electrons. The molecule has 0 fully saturated rings. The number of hydrogen-bond donors (Lipinski definition) is 2. The van der Waals surface area contributed by atoms with E-state index in [4.69, 9.17) is 5.84 Å². The third-order valence-corrected chi connectivity index (χ3v) is 2.95. The van der Waals surface area contributed by atoms with Crippen molar-refractivity contribution < 1.29 is 4.39 Å². The lowest BCUT2D eigenvalue weighted by molar-refractivity contribution is 0.445. The van der Waals surface area contributed by atoms with Gasteiger partial charge in [-0.05, 0) is 17.5 Å². The first-order valence-corrected chi connectivity index (χ1v) is 6.53. The van der Waals surface area contributed by atoms with Gasteiger partial charge in [0.15, 0.2) is 0 Å². The van der Waals surface area contributed by atoms with Crippen molar-refractivity contribution in [3.05, 3.63) is 42.0 Å². The van der Waals surface area contributed by atoms with E-state index in [0.717, 1.165) is 12.4 Å². The van der Waals surface area contributed by atoms with Gasteiger partial charge in [0.2, 0.25) is 0 Å². The summed E-state index contributed by atoms with van der Waals surface area (Å²) in [6.07, 6.45) is 4.80. The largest absolute Gasteiger partial charge is 0.271 e. The van der Waals surface area contributed by atoms with Gasteiger partial charge >= 0.3 is 0 Å². The van der Waals surface area contributed by atoms with Crippen molar-refractivity contribution in [2.75, 3.05) is 0 Å². The SMILES string of the molecule is CC(C)Cn1ncnc1CC(NN)c1cncc(F)c1. The lowest BCUT2D eigenvalue weighted by Gasteiger charge is -2.16. The molecule has 2 heterocycles. The highest BCUT2D eigenvalue weighted by Gasteiger charge is 2.16. The molecule has 2 rings (SSSR count). The van der Waals surface area contributed by atoms with E-state index >= 15 is 0 Å². The molecule has 0 aliphatic carbocycles. The normalized spacial score (nSPS) is 12.8. The minimum absolute atomic E-state index is 0.256. The lowest BCUT2D eigenvalue weighted by Crippen LogP contribution is -2.30. The fourth-order valence-electron chi connectivity index (χ4n) is 2.02. The van der Waals surface area contributed by atoms with Crippen molar-refractivity contribution in [1.29, 1.82) is 0 Å². The summed E-state index contributed by atoms with van der Waals surface area (Å²) in [6, 6.07) is 1.16. The number of nitrogens with two attached hydrogens (primary N) is 1. The van der Waals surface area contributed by atoms with E-state index in [1.807, 2.05) is 4.68 Å². The third-order valence-electron chi connectivity index (χ3n) is 2.95. The predicted octanol–water partition coefficient (Wildman–Crippen LogP) is 1.22. The smallest absolute Gasteiger partial charge is 0.141 e. The fraction of sp³-hybridized carbons (Fsp3) is 0.462. The minimum Gasteiger partial charge on any atom is -0.271 e. The summed E-state index contributed by atoms with van der Waals surface area (Å²) in [6.45, 7) is 5.01. The maximum atomic E-state index is 13.2. The van der Waals surface area contributed by atoms with E-state index < -0.39 is 0 Å². The van der Waals surface area contributed by atoms with Crippen LogP contribution in [0.3, 0.4) is 0 Å². The molecule has 1 unspecified atom stereocenters. The van der Waals surface area contributed by atoms with Gasteiger partial charge in [0.1, 0.15) is 18.0 Å². The van der Waals surface area contributed by atoms with Gasteiger partial charge in [0, 0.05) is 19.2 Å². The van der Waals surface area contributed by atoms with E-state index in [1.165, 1.54) is 18.6 Å². The lowest BCUT2D eigenvalue weighted by atomic mass is 10.1. The minimum atomic E-state index is -0.383. The molecule has 0 saturated carbocycles. The monoisotopic (exact) mass is 278 g/mol. The van der Waals surface area contributed by atoms with Crippen LogP contribution in [0, 0.1) is 11.7 Å². The fourth-order valence-corrected chi connectivity index (χ4v) is 2.02. The molecule has 2 aromatic rings. The maximum Gasteiger partial charge on any atom is 0.141 e. The maximum absolute atomic E-state index is 13.2. The van der Waals surface area contributed by atoms with Crippen LogP contribution in [0.5, 0.6) is 0 Å². The summed E-state index contributed by atoms with van der Waals surface area (Å²) in [5, 5.41) is 4.20. The third kappa shape index (κ3) is 3.58. The summed E-state index contributed by atoms with van der Waals surface area (Å²) in [5.74, 6) is 6.46. The zero-order valence-corrected chi connectivity index (χ0v) is 11.6.